The van der Waals surface area contributed by atoms with E-state index in [1.807, 2.05) is 0 Å². The molecule has 0 bridgehead atoms. The standard InChI is InChI=1S/C34H45NO6/c1-2-3-4-5-6-7-8-9-10-11-12-15-24-41-28-20-18-26(19-21-28)31(36)25-27(34(39)40)22-23-35-32(37)29-16-13-14-17-30(29)33(35)38/h13-14,16-21,27H,2-12,15,22-25H2,1H3,(H,39,40). The van der Waals surface area contributed by atoms with Crippen LogP contribution in [0.15, 0.2) is 48.5 Å². The second-order valence-electron chi connectivity index (χ2n) is 11.0. The van der Waals surface area contributed by atoms with E-state index < -0.39 is 23.7 Å². The fourth-order valence-electron chi connectivity index (χ4n) is 5.25. The Hall–Kier alpha value is -3.48. The Morgan fingerprint density at radius 2 is 1.27 bits per heavy atom. The molecule has 2 aromatic carbocycles. The first-order valence-electron chi connectivity index (χ1n) is 15.4. The number of rotatable bonds is 21. The van der Waals surface area contributed by atoms with Gasteiger partial charge in [0.15, 0.2) is 5.78 Å². The number of nitrogens with zero attached hydrogens (tertiary/aromatic N) is 1. The van der Waals surface area contributed by atoms with Crippen LogP contribution in [0.4, 0.5) is 0 Å². The Balaban J connectivity index is 1.32. The molecule has 1 N–H and O–H groups in total. The average Bonchev–Trinajstić information content (AvgIpc) is 3.22. The minimum absolute atomic E-state index is 0.00673. The largest absolute Gasteiger partial charge is 0.494 e. The topological polar surface area (TPSA) is 101 Å². The number of amides is 2. The number of imide groups is 1. The van der Waals surface area contributed by atoms with Gasteiger partial charge in [0.1, 0.15) is 5.75 Å². The van der Waals surface area contributed by atoms with E-state index in [1.54, 1.807) is 48.5 Å². The number of carbonyl (C=O) groups is 4. The van der Waals surface area contributed by atoms with Crippen molar-refractivity contribution in [3.63, 3.8) is 0 Å². The van der Waals surface area contributed by atoms with Gasteiger partial charge in [-0.2, -0.15) is 0 Å². The van der Waals surface area contributed by atoms with Crippen LogP contribution in [0.1, 0.15) is 128 Å². The molecule has 2 amide bonds. The van der Waals surface area contributed by atoms with E-state index in [-0.39, 0.29) is 25.2 Å². The molecule has 1 heterocycles. The highest BCUT2D eigenvalue weighted by Gasteiger charge is 2.36. The van der Waals surface area contributed by atoms with Crippen molar-refractivity contribution in [2.24, 2.45) is 5.92 Å². The zero-order chi connectivity index (χ0) is 29.5. The molecule has 1 atom stereocenters. The van der Waals surface area contributed by atoms with Crippen molar-refractivity contribution in [3.05, 3.63) is 65.2 Å². The molecule has 0 saturated carbocycles. The Morgan fingerprint density at radius 1 is 0.756 bits per heavy atom. The van der Waals surface area contributed by atoms with Crippen molar-refractivity contribution in [2.45, 2.75) is 96.8 Å². The van der Waals surface area contributed by atoms with Gasteiger partial charge in [0.25, 0.3) is 11.8 Å². The molecule has 2 aromatic rings. The third-order valence-corrected chi connectivity index (χ3v) is 7.80. The van der Waals surface area contributed by atoms with Gasteiger partial charge in [-0.25, -0.2) is 0 Å². The minimum atomic E-state index is -1.13. The highest BCUT2D eigenvalue weighted by atomic mass is 16.5. The molecule has 222 valence electrons. The van der Waals surface area contributed by atoms with Gasteiger partial charge in [0.2, 0.25) is 0 Å². The summed E-state index contributed by atoms with van der Waals surface area (Å²) in [6.07, 6.45) is 15.2. The summed E-state index contributed by atoms with van der Waals surface area (Å²) in [4.78, 5) is 50.8. The SMILES string of the molecule is CCCCCCCCCCCCCCOc1ccc(C(=O)CC(CCN2C(=O)c3ccccc3C2=O)C(=O)O)cc1. The molecule has 7 heteroatoms. The zero-order valence-electron chi connectivity index (χ0n) is 24.4. The fourth-order valence-corrected chi connectivity index (χ4v) is 5.25. The number of hydrogen-bond acceptors (Lipinski definition) is 5. The first-order valence-corrected chi connectivity index (χ1v) is 15.4. The van der Waals surface area contributed by atoms with Gasteiger partial charge in [0.05, 0.1) is 23.7 Å². The molecule has 1 aliphatic heterocycles. The van der Waals surface area contributed by atoms with Crippen molar-refractivity contribution in [2.75, 3.05) is 13.2 Å². The molecule has 1 unspecified atom stereocenters. The lowest BCUT2D eigenvalue weighted by molar-refractivity contribution is -0.142. The van der Waals surface area contributed by atoms with Crippen molar-refractivity contribution in [1.82, 2.24) is 4.90 Å². The van der Waals surface area contributed by atoms with E-state index in [0.29, 0.717) is 29.0 Å². The molecule has 0 radical (unpaired) electrons. The number of ether oxygens (including phenoxy) is 1. The molecular formula is C34H45NO6. The molecule has 41 heavy (non-hydrogen) atoms. The van der Waals surface area contributed by atoms with Crippen LogP contribution in [0.5, 0.6) is 5.75 Å². The highest BCUT2D eigenvalue weighted by molar-refractivity contribution is 6.21. The number of aliphatic carboxylic acids is 1. The van der Waals surface area contributed by atoms with Crippen LogP contribution in [0.25, 0.3) is 0 Å². The van der Waals surface area contributed by atoms with Crippen LogP contribution < -0.4 is 4.74 Å². The van der Waals surface area contributed by atoms with Crippen LogP contribution in [0.2, 0.25) is 0 Å². The van der Waals surface area contributed by atoms with E-state index in [0.717, 1.165) is 17.7 Å². The smallest absolute Gasteiger partial charge is 0.307 e. The first kappa shape index (κ1) is 32.0. The lowest BCUT2D eigenvalue weighted by Gasteiger charge is -2.17. The lowest BCUT2D eigenvalue weighted by atomic mass is 9.95. The van der Waals surface area contributed by atoms with E-state index in [2.05, 4.69) is 6.92 Å². The van der Waals surface area contributed by atoms with Gasteiger partial charge >= 0.3 is 5.97 Å². The third-order valence-electron chi connectivity index (χ3n) is 7.80. The zero-order valence-corrected chi connectivity index (χ0v) is 24.4. The van der Waals surface area contributed by atoms with Crippen LogP contribution in [0.3, 0.4) is 0 Å². The molecule has 0 saturated heterocycles. The quantitative estimate of drug-likeness (QED) is 0.0948. The number of carboxylic acids is 1. The number of Topliss-reactive ketones (excluding diaryl/α,β-unsaturated/α-hetero) is 1. The summed E-state index contributed by atoms with van der Waals surface area (Å²) in [5, 5.41) is 9.68. The molecule has 1 aliphatic rings. The summed E-state index contributed by atoms with van der Waals surface area (Å²) in [6.45, 7) is 2.83. The van der Waals surface area contributed by atoms with Crippen molar-refractivity contribution in [1.29, 1.82) is 0 Å². The summed E-state index contributed by atoms with van der Waals surface area (Å²) in [5.74, 6) is -2.61. The summed E-state index contributed by atoms with van der Waals surface area (Å²) in [7, 11) is 0. The Morgan fingerprint density at radius 3 is 1.78 bits per heavy atom. The van der Waals surface area contributed by atoms with Crippen LogP contribution in [-0.4, -0.2) is 46.7 Å². The van der Waals surface area contributed by atoms with Crippen LogP contribution in [0, 0.1) is 5.92 Å². The molecule has 3 rings (SSSR count). The van der Waals surface area contributed by atoms with Crippen molar-refractivity contribution in [3.8, 4) is 5.75 Å². The van der Waals surface area contributed by atoms with E-state index in [4.69, 9.17) is 4.74 Å². The Kier molecular flexibility index (Phi) is 13.6. The summed E-state index contributed by atoms with van der Waals surface area (Å²) >= 11 is 0. The van der Waals surface area contributed by atoms with Gasteiger partial charge in [-0.15, -0.1) is 0 Å². The number of ketones is 1. The van der Waals surface area contributed by atoms with E-state index in [9.17, 15) is 24.3 Å². The second-order valence-corrected chi connectivity index (χ2v) is 11.0. The summed E-state index contributed by atoms with van der Waals surface area (Å²) in [6, 6.07) is 13.3. The predicted molar refractivity (Wildman–Crippen MR) is 160 cm³/mol. The predicted octanol–water partition coefficient (Wildman–Crippen LogP) is 7.73. The normalized spacial score (nSPS) is 13.3. The van der Waals surface area contributed by atoms with Crippen molar-refractivity contribution >= 4 is 23.6 Å². The maximum Gasteiger partial charge on any atom is 0.307 e. The minimum Gasteiger partial charge on any atom is -0.494 e. The third kappa shape index (κ3) is 10.1. The number of carbonyl (C=O) groups excluding carboxylic acids is 3. The van der Waals surface area contributed by atoms with Gasteiger partial charge in [-0.1, -0.05) is 89.7 Å². The molecular weight excluding hydrogens is 518 g/mol. The van der Waals surface area contributed by atoms with Gasteiger partial charge in [-0.05, 0) is 49.2 Å². The second kappa shape index (κ2) is 17.4. The lowest BCUT2D eigenvalue weighted by Crippen LogP contribution is -2.33. The molecule has 7 nitrogen and oxygen atoms in total. The molecule has 0 spiro atoms. The monoisotopic (exact) mass is 563 g/mol. The maximum atomic E-state index is 12.8. The summed E-state index contributed by atoms with van der Waals surface area (Å²) in [5.41, 5.74) is 1.05. The summed E-state index contributed by atoms with van der Waals surface area (Å²) < 4.78 is 5.82. The van der Waals surface area contributed by atoms with Gasteiger partial charge < -0.3 is 9.84 Å². The molecule has 0 aromatic heterocycles. The van der Waals surface area contributed by atoms with Gasteiger partial charge in [-0.3, -0.25) is 24.1 Å². The maximum absolute atomic E-state index is 12.8. The number of carboxylic acid groups (broad SMARTS) is 1. The number of fused-ring (bicyclic) bond motifs is 1. The molecule has 0 aliphatic carbocycles. The number of benzene rings is 2. The van der Waals surface area contributed by atoms with Crippen LogP contribution in [-0.2, 0) is 4.79 Å². The average molecular weight is 564 g/mol. The van der Waals surface area contributed by atoms with E-state index >= 15 is 0 Å². The van der Waals surface area contributed by atoms with Gasteiger partial charge in [0, 0.05) is 18.5 Å². The van der Waals surface area contributed by atoms with Crippen LogP contribution >= 0.6 is 0 Å². The molecule has 0 fully saturated rings. The number of unbranched alkanes of at least 4 members (excludes halogenated alkanes) is 11. The Labute approximate surface area is 244 Å². The van der Waals surface area contributed by atoms with Crippen molar-refractivity contribution < 1.29 is 29.0 Å². The number of hydrogen-bond donors (Lipinski definition) is 1. The highest BCUT2D eigenvalue weighted by Crippen LogP contribution is 2.24. The fraction of sp³-hybridized carbons (Fsp3) is 0.529. The van der Waals surface area contributed by atoms with E-state index in [1.165, 1.54) is 64.2 Å². The Bertz CT molecular complexity index is 1110. The first-order chi connectivity index (χ1) is 19.9.